The predicted molar refractivity (Wildman–Crippen MR) is 193 cm³/mol. The molecule has 0 atom stereocenters. The number of pyridine rings is 1. The van der Waals surface area contributed by atoms with E-state index in [2.05, 4.69) is 52.4 Å². The second kappa shape index (κ2) is 18.6. The van der Waals surface area contributed by atoms with Gasteiger partial charge in [-0.25, -0.2) is 29.2 Å². The van der Waals surface area contributed by atoms with E-state index in [1.54, 1.807) is 23.2 Å². The zero-order chi connectivity index (χ0) is 34.8. The molecule has 258 valence electrons. The van der Waals surface area contributed by atoms with Crippen LogP contribution in [0.15, 0.2) is 146 Å². The third-order valence-electron chi connectivity index (χ3n) is 7.44. The van der Waals surface area contributed by atoms with Crippen molar-refractivity contribution in [2.24, 2.45) is 0 Å². The topological polar surface area (TPSA) is 55.2 Å². The molecule has 1 aliphatic rings. The molecule has 0 saturated heterocycles. The van der Waals surface area contributed by atoms with Gasteiger partial charge in [-0.1, -0.05) is 69.6 Å². The zero-order valence-electron chi connectivity index (χ0n) is 28.0. The normalized spacial score (nSPS) is 11.0. The predicted octanol–water partition coefficient (Wildman–Crippen LogP) is 8.89. The van der Waals surface area contributed by atoms with Gasteiger partial charge in [0.05, 0.1) is 0 Å². The van der Waals surface area contributed by atoms with Gasteiger partial charge in [0.1, 0.15) is 11.5 Å². The van der Waals surface area contributed by atoms with Gasteiger partial charge in [-0.3, -0.25) is 15.7 Å². The van der Waals surface area contributed by atoms with Crippen molar-refractivity contribution < 1.29 is 60.8 Å². The molecule has 0 radical (unpaired) electrons. The van der Waals surface area contributed by atoms with E-state index in [-0.39, 0.29) is 42.1 Å². The third kappa shape index (κ3) is 9.92. The summed E-state index contributed by atoms with van der Waals surface area (Å²) in [7, 11) is 1.92. The monoisotopic (exact) mass is 1050 g/mol. The SMILES string of the molecule is C[N+]1=C=[N+](c2[c-]c(Oc3[c-]c(-c4cc(-c5[c-]c(Oc6[c-]cccc6)ccc5)[c-]cn4)ccc3)ccc2)C=C1.[C-]#Cn1ccnc1-c1ccccc1.[Pt+2].[Pt+4]. The van der Waals surface area contributed by atoms with Crippen LogP contribution in [-0.2, 0) is 42.1 Å². The van der Waals surface area contributed by atoms with Crippen LogP contribution in [0, 0.1) is 42.8 Å². The molecule has 0 saturated carbocycles. The summed E-state index contributed by atoms with van der Waals surface area (Å²) in [6, 6.07) is 58.0. The van der Waals surface area contributed by atoms with Crippen molar-refractivity contribution in [1.29, 1.82) is 0 Å². The van der Waals surface area contributed by atoms with E-state index < -0.39 is 0 Å². The largest absolute Gasteiger partial charge is 4.00 e. The fourth-order valence-corrected chi connectivity index (χ4v) is 5.06. The first kappa shape index (κ1) is 38.3. The van der Waals surface area contributed by atoms with Gasteiger partial charge < -0.3 is 20.9 Å². The first-order chi connectivity index (χ1) is 25.1. The molecule has 0 aliphatic carbocycles. The zero-order valence-corrected chi connectivity index (χ0v) is 32.6. The van der Waals surface area contributed by atoms with Crippen molar-refractivity contribution in [1.82, 2.24) is 14.5 Å². The first-order valence-electron chi connectivity index (χ1n) is 15.9. The molecule has 2 aromatic heterocycles. The van der Waals surface area contributed by atoms with Crippen LogP contribution in [0.4, 0.5) is 5.69 Å². The molecule has 8 rings (SSSR count). The summed E-state index contributed by atoms with van der Waals surface area (Å²) >= 11 is 0. The number of para-hydroxylation sites is 1. The molecule has 9 heteroatoms. The molecule has 7 nitrogen and oxygen atoms in total. The number of hydrogen-bond acceptors (Lipinski definition) is 4. The summed E-state index contributed by atoms with van der Waals surface area (Å²) in [5.41, 5.74) is 5.05. The van der Waals surface area contributed by atoms with E-state index in [0.717, 1.165) is 39.5 Å². The Hall–Kier alpha value is -5.88. The Bertz CT molecular complexity index is 2450. The number of nitrogens with zero attached hydrogens (tertiary/aromatic N) is 5. The van der Waals surface area contributed by atoms with E-state index >= 15 is 0 Å². The molecule has 1 aliphatic heterocycles. The molecular weight excluding hydrogens is 1020 g/mol. The average Bonchev–Trinajstić information content (AvgIpc) is 3.86. The van der Waals surface area contributed by atoms with Gasteiger partial charge in [0.25, 0.3) is 6.20 Å². The van der Waals surface area contributed by atoms with Gasteiger partial charge in [-0.15, -0.1) is 48.0 Å². The van der Waals surface area contributed by atoms with Crippen molar-refractivity contribution in [3.05, 3.63) is 183 Å². The van der Waals surface area contributed by atoms with Crippen molar-refractivity contribution in [2.75, 3.05) is 7.05 Å². The summed E-state index contributed by atoms with van der Waals surface area (Å²) in [5, 5.41) is 0. The Kier molecular flexibility index (Phi) is 13.4. The minimum Gasteiger partial charge on any atom is -0.669 e. The second-order valence-corrected chi connectivity index (χ2v) is 11.0. The van der Waals surface area contributed by atoms with E-state index in [1.807, 2.05) is 144 Å². The number of imidazole rings is 1. The number of benzene rings is 5. The van der Waals surface area contributed by atoms with Crippen LogP contribution in [-0.4, -0.2) is 36.7 Å². The van der Waals surface area contributed by atoms with Gasteiger partial charge >= 0.3 is 48.1 Å². The smallest absolute Gasteiger partial charge is 0.669 e. The maximum absolute atomic E-state index is 7.02. The minimum atomic E-state index is 0. The number of hydrogen-bond donors (Lipinski definition) is 0. The second-order valence-electron chi connectivity index (χ2n) is 11.0. The summed E-state index contributed by atoms with van der Waals surface area (Å²) in [5.74, 6) is 3.13. The summed E-state index contributed by atoms with van der Waals surface area (Å²) < 4.78 is 17.2. The quantitative estimate of drug-likeness (QED) is 0.0868. The molecule has 7 aromatic rings. The molecule has 0 unspecified atom stereocenters. The van der Waals surface area contributed by atoms with Gasteiger partial charge in [0, 0.05) is 41.0 Å². The van der Waals surface area contributed by atoms with E-state index in [0.29, 0.717) is 23.0 Å². The Balaban J connectivity index is 0.000000306. The van der Waals surface area contributed by atoms with Crippen LogP contribution in [0.25, 0.3) is 33.8 Å². The van der Waals surface area contributed by atoms with Crippen LogP contribution in [0.1, 0.15) is 0 Å². The average molecular weight is 1050 g/mol. The molecule has 5 aromatic carbocycles. The number of rotatable bonds is 8. The summed E-state index contributed by atoms with van der Waals surface area (Å²) in [6.45, 7) is 0. The Morgan fingerprint density at radius 2 is 1.40 bits per heavy atom. The van der Waals surface area contributed by atoms with Gasteiger partial charge in [0.15, 0.2) is 7.05 Å². The summed E-state index contributed by atoms with van der Waals surface area (Å²) in [4.78, 5) is 8.66. The fourth-order valence-electron chi connectivity index (χ4n) is 5.06. The summed E-state index contributed by atoms with van der Waals surface area (Å²) in [6.07, 6.45) is 15.9. The first-order valence-corrected chi connectivity index (χ1v) is 15.9. The van der Waals surface area contributed by atoms with E-state index in [1.165, 1.54) is 0 Å². The van der Waals surface area contributed by atoms with Crippen molar-refractivity contribution in [2.45, 2.75) is 0 Å². The molecule has 0 amide bonds. The van der Waals surface area contributed by atoms with Gasteiger partial charge in [-0.05, 0) is 0 Å². The van der Waals surface area contributed by atoms with Crippen molar-refractivity contribution >= 4 is 11.7 Å². The molecule has 0 N–H and O–H groups in total. The standard InChI is InChI=1S/C33H20N3O2.C11H7N2.2Pt/c1-35-18-19-36(24-35)28-10-7-15-32(23-28)38-31-14-6-9-27(21-31)33-22-26(16-17-34-33)25-8-5-13-30(20-25)37-29-11-3-2-4-12-29;1-2-13-9-8-12-11(13)10-6-4-3-5-7-10;;/h2-11,13-15,17-19,22H,1H3;3-9H;;/q-3;-1;+2;+4. The van der Waals surface area contributed by atoms with E-state index in [9.17, 15) is 0 Å². The molecule has 53 heavy (non-hydrogen) atoms. The Labute approximate surface area is 337 Å². The molecule has 0 spiro atoms. The maximum Gasteiger partial charge on any atom is 4.00 e. The maximum atomic E-state index is 7.02. The molecular formula is C44H27N5O2Pt2+2. The van der Waals surface area contributed by atoms with Crippen LogP contribution in [0.5, 0.6) is 23.0 Å². The van der Waals surface area contributed by atoms with Crippen LogP contribution in [0.2, 0.25) is 0 Å². The molecule has 0 fully saturated rings. The number of ether oxygens (including phenoxy) is 2. The number of aromatic nitrogens is 3. The van der Waals surface area contributed by atoms with Crippen molar-refractivity contribution in [3.8, 4) is 62.8 Å². The molecule has 0 bridgehead atoms. The van der Waals surface area contributed by atoms with Gasteiger partial charge in [0.2, 0.25) is 6.20 Å². The van der Waals surface area contributed by atoms with Crippen LogP contribution >= 0.6 is 0 Å². The van der Waals surface area contributed by atoms with Crippen LogP contribution < -0.4 is 9.47 Å². The Morgan fingerprint density at radius 3 is 2.11 bits per heavy atom. The minimum absolute atomic E-state index is 0. The fraction of sp³-hybridized carbons (Fsp3) is 0.0227. The van der Waals surface area contributed by atoms with Crippen molar-refractivity contribution in [3.63, 3.8) is 0 Å². The van der Waals surface area contributed by atoms with Crippen LogP contribution in [0.3, 0.4) is 0 Å². The Morgan fingerprint density at radius 1 is 0.717 bits per heavy atom. The van der Waals surface area contributed by atoms with E-state index in [4.69, 9.17) is 15.9 Å². The molecule has 3 heterocycles. The third-order valence-corrected chi connectivity index (χ3v) is 7.44. The van der Waals surface area contributed by atoms with Gasteiger partial charge in [-0.2, -0.15) is 36.4 Å².